The lowest BCUT2D eigenvalue weighted by Gasteiger charge is -2.09. The van der Waals surface area contributed by atoms with Crippen molar-refractivity contribution in [2.75, 3.05) is 5.32 Å². The molecule has 0 aliphatic rings. The van der Waals surface area contributed by atoms with Crippen molar-refractivity contribution in [3.05, 3.63) is 38.6 Å². The highest BCUT2D eigenvalue weighted by Crippen LogP contribution is 2.31. The summed E-state index contributed by atoms with van der Waals surface area (Å²) in [5, 5.41) is 3.67. The molecular weight excluding hydrogens is 361 g/mol. The fraction of sp³-hybridized carbons (Fsp3) is 0.231. The lowest BCUT2D eigenvalue weighted by atomic mass is 10.2. The molecule has 0 atom stereocenters. The van der Waals surface area contributed by atoms with Crippen molar-refractivity contribution in [3.63, 3.8) is 0 Å². The Hall–Kier alpha value is -1.05. The van der Waals surface area contributed by atoms with Gasteiger partial charge in [0, 0.05) is 10.4 Å². The number of anilines is 2. The van der Waals surface area contributed by atoms with Gasteiger partial charge in [-0.05, 0) is 41.4 Å². The molecule has 106 valence electrons. The average Bonchev–Trinajstić information content (AvgIpc) is 2.75. The Kier molecular flexibility index (Phi) is 4.72. The minimum absolute atomic E-state index is 0.153. The molecule has 1 aromatic carbocycles. The van der Waals surface area contributed by atoms with E-state index >= 15 is 0 Å². The largest absolute Gasteiger partial charge is 0.389 e. The van der Waals surface area contributed by atoms with Crippen LogP contribution in [0.15, 0.2) is 16.6 Å². The minimum atomic E-state index is -0.429. The van der Waals surface area contributed by atoms with E-state index in [1.807, 2.05) is 13.8 Å². The maximum absolute atomic E-state index is 14.2. The lowest BCUT2D eigenvalue weighted by Crippen LogP contribution is -2.11. The molecule has 2 aromatic rings. The zero-order valence-corrected chi connectivity index (χ0v) is 14.2. The van der Waals surface area contributed by atoms with Gasteiger partial charge in [-0.1, -0.05) is 19.1 Å². The van der Waals surface area contributed by atoms with Gasteiger partial charge in [0.2, 0.25) is 0 Å². The van der Waals surface area contributed by atoms with E-state index in [1.54, 1.807) is 12.1 Å². The molecule has 3 nitrogen and oxygen atoms in total. The maximum Gasteiger partial charge on any atom is 0.187 e. The van der Waals surface area contributed by atoms with Crippen LogP contribution in [0.5, 0.6) is 0 Å². The van der Waals surface area contributed by atoms with Crippen LogP contribution >= 0.6 is 39.5 Å². The van der Waals surface area contributed by atoms with Crippen LogP contribution < -0.4 is 11.1 Å². The maximum atomic E-state index is 14.2. The fourth-order valence-corrected chi connectivity index (χ4v) is 3.54. The number of aromatic nitrogens is 1. The molecule has 2 rings (SSSR count). The first-order chi connectivity index (χ1) is 9.43. The summed E-state index contributed by atoms with van der Waals surface area (Å²) in [4.78, 5) is 5.71. The average molecular weight is 374 g/mol. The predicted molar refractivity (Wildman–Crippen MR) is 89.5 cm³/mol. The first-order valence-corrected chi connectivity index (χ1v) is 7.97. The number of rotatable bonds is 4. The number of halogens is 2. The van der Waals surface area contributed by atoms with Crippen molar-refractivity contribution < 1.29 is 4.39 Å². The van der Waals surface area contributed by atoms with Crippen LogP contribution in [-0.2, 0) is 6.42 Å². The second-order valence-electron chi connectivity index (χ2n) is 4.15. The summed E-state index contributed by atoms with van der Waals surface area (Å²) in [5.41, 5.74) is 7.38. The van der Waals surface area contributed by atoms with Gasteiger partial charge < -0.3 is 11.1 Å². The van der Waals surface area contributed by atoms with Gasteiger partial charge in [-0.25, -0.2) is 9.37 Å². The van der Waals surface area contributed by atoms with E-state index in [4.69, 9.17) is 18.0 Å². The van der Waals surface area contributed by atoms with E-state index in [0.717, 1.165) is 17.0 Å². The SMILES string of the molecule is CCc1nc(Nc2ccc(C(N)=S)c(Br)c2F)sc1C. The molecule has 0 saturated heterocycles. The second kappa shape index (κ2) is 6.15. The van der Waals surface area contributed by atoms with Crippen molar-refractivity contribution in [3.8, 4) is 0 Å². The molecular formula is C13H13BrFN3S2. The standard InChI is InChI=1S/C13H13BrFN3S2/c1-3-8-6(2)20-13(17-8)18-9-5-4-7(12(16)19)10(14)11(9)15/h4-5H,3H2,1-2H3,(H2,16,19)(H,17,18). The van der Waals surface area contributed by atoms with Crippen LogP contribution in [-0.4, -0.2) is 9.97 Å². The Morgan fingerprint density at radius 3 is 2.80 bits per heavy atom. The third kappa shape index (κ3) is 2.99. The third-order valence-electron chi connectivity index (χ3n) is 2.82. The van der Waals surface area contributed by atoms with Gasteiger partial charge in [-0.3, -0.25) is 0 Å². The first kappa shape index (κ1) is 15.3. The smallest absolute Gasteiger partial charge is 0.187 e. The molecule has 0 bridgehead atoms. The van der Waals surface area contributed by atoms with E-state index in [9.17, 15) is 4.39 Å². The predicted octanol–water partition coefficient (Wildman–Crippen LogP) is 4.29. The van der Waals surface area contributed by atoms with Crippen LogP contribution in [0.3, 0.4) is 0 Å². The van der Waals surface area contributed by atoms with Gasteiger partial charge >= 0.3 is 0 Å². The molecule has 1 aromatic heterocycles. The fourth-order valence-electron chi connectivity index (χ4n) is 1.76. The molecule has 0 saturated carbocycles. The third-order valence-corrected chi connectivity index (χ3v) is 4.74. The van der Waals surface area contributed by atoms with Gasteiger partial charge in [0.05, 0.1) is 15.9 Å². The van der Waals surface area contributed by atoms with Crippen LogP contribution in [0.1, 0.15) is 23.1 Å². The number of nitrogens with one attached hydrogen (secondary N) is 1. The second-order valence-corrected chi connectivity index (χ2v) is 6.59. The summed E-state index contributed by atoms with van der Waals surface area (Å²) in [6.45, 7) is 4.05. The van der Waals surface area contributed by atoms with Gasteiger partial charge in [0.15, 0.2) is 10.9 Å². The highest BCUT2D eigenvalue weighted by atomic mass is 79.9. The number of benzene rings is 1. The van der Waals surface area contributed by atoms with E-state index in [-0.39, 0.29) is 9.46 Å². The van der Waals surface area contributed by atoms with E-state index < -0.39 is 5.82 Å². The number of hydrogen-bond donors (Lipinski definition) is 2. The molecule has 0 radical (unpaired) electrons. The zero-order chi connectivity index (χ0) is 14.9. The van der Waals surface area contributed by atoms with Gasteiger partial charge in [-0.2, -0.15) is 0 Å². The molecule has 0 fully saturated rings. The Morgan fingerprint density at radius 1 is 1.55 bits per heavy atom. The monoisotopic (exact) mass is 373 g/mol. The van der Waals surface area contributed by atoms with Gasteiger partial charge in [0.1, 0.15) is 4.99 Å². The van der Waals surface area contributed by atoms with Gasteiger partial charge in [-0.15, -0.1) is 11.3 Å². The summed E-state index contributed by atoms with van der Waals surface area (Å²) in [5.74, 6) is -0.429. The quantitative estimate of drug-likeness (QED) is 0.784. The minimum Gasteiger partial charge on any atom is -0.389 e. The Balaban J connectivity index is 2.34. The molecule has 0 unspecified atom stereocenters. The normalized spacial score (nSPS) is 10.6. The molecule has 0 aliphatic heterocycles. The van der Waals surface area contributed by atoms with E-state index in [1.165, 1.54) is 11.3 Å². The zero-order valence-electron chi connectivity index (χ0n) is 11.0. The van der Waals surface area contributed by atoms with E-state index in [2.05, 4.69) is 26.2 Å². The van der Waals surface area contributed by atoms with Crippen LogP contribution in [0.2, 0.25) is 0 Å². The summed E-state index contributed by atoms with van der Waals surface area (Å²) < 4.78 is 14.5. The van der Waals surface area contributed by atoms with Crippen LogP contribution in [0.4, 0.5) is 15.2 Å². The summed E-state index contributed by atoms with van der Waals surface area (Å²) in [6.07, 6.45) is 0.858. The van der Waals surface area contributed by atoms with Crippen molar-refractivity contribution in [1.29, 1.82) is 0 Å². The molecule has 20 heavy (non-hydrogen) atoms. The number of nitrogens with two attached hydrogens (primary N) is 1. The lowest BCUT2D eigenvalue weighted by molar-refractivity contribution is 0.625. The highest BCUT2D eigenvalue weighted by Gasteiger charge is 2.14. The van der Waals surface area contributed by atoms with Crippen molar-refractivity contribution in [2.24, 2.45) is 5.73 Å². The molecule has 0 amide bonds. The first-order valence-electron chi connectivity index (χ1n) is 5.95. The Morgan fingerprint density at radius 2 is 2.25 bits per heavy atom. The molecule has 0 spiro atoms. The summed E-state index contributed by atoms with van der Waals surface area (Å²) in [6, 6.07) is 3.29. The van der Waals surface area contributed by atoms with E-state index in [0.29, 0.717) is 16.4 Å². The molecule has 0 aliphatic carbocycles. The number of nitrogens with zero attached hydrogens (tertiary/aromatic N) is 1. The number of thiazole rings is 1. The van der Waals surface area contributed by atoms with Crippen molar-refractivity contribution >= 4 is 55.3 Å². The Labute approximate surface area is 134 Å². The highest BCUT2D eigenvalue weighted by molar-refractivity contribution is 9.10. The van der Waals surface area contributed by atoms with Crippen molar-refractivity contribution in [1.82, 2.24) is 4.98 Å². The Bertz CT molecular complexity index is 670. The van der Waals surface area contributed by atoms with Gasteiger partial charge in [0.25, 0.3) is 0 Å². The van der Waals surface area contributed by atoms with Crippen LogP contribution in [0.25, 0.3) is 0 Å². The van der Waals surface area contributed by atoms with Crippen LogP contribution in [0, 0.1) is 12.7 Å². The molecule has 1 heterocycles. The number of aryl methyl sites for hydroxylation is 2. The van der Waals surface area contributed by atoms with Crippen molar-refractivity contribution in [2.45, 2.75) is 20.3 Å². The summed E-state index contributed by atoms with van der Waals surface area (Å²) in [7, 11) is 0. The number of hydrogen-bond acceptors (Lipinski definition) is 4. The number of thiocarbonyl (C=S) groups is 1. The topological polar surface area (TPSA) is 50.9 Å². The molecule has 7 heteroatoms. The molecule has 3 N–H and O–H groups in total. The summed E-state index contributed by atoms with van der Waals surface area (Å²) >= 11 is 9.55.